The molecule has 0 fully saturated rings. The van der Waals surface area contributed by atoms with Crippen LogP contribution in [0.5, 0.6) is 5.75 Å². The van der Waals surface area contributed by atoms with E-state index in [0.717, 1.165) is 11.3 Å². The summed E-state index contributed by atoms with van der Waals surface area (Å²) in [5.74, 6) is -0.355. The van der Waals surface area contributed by atoms with Gasteiger partial charge in [-0.1, -0.05) is 17.3 Å². The molecule has 106 valence electrons. The summed E-state index contributed by atoms with van der Waals surface area (Å²) in [4.78, 5) is 11.1. The highest BCUT2D eigenvalue weighted by Gasteiger charge is 2.18. The van der Waals surface area contributed by atoms with Crippen LogP contribution in [0.3, 0.4) is 0 Å². The Labute approximate surface area is 116 Å². The molecule has 1 aromatic heterocycles. The largest absolute Gasteiger partial charge is 0.497 e. The second kappa shape index (κ2) is 6.16. The van der Waals surface area contributed by atoms with E-state index in [1.165, 1.54) is 0 Å². The Morgan fingerprint density at radius 3 is 2.95 bits per heavy atom. The monoisotopic (exact) mass is 276 g/mol. The number of nitrogens with zero attached hydrogens (tertiary/aromatic N) is 3. The van der Waals surface area contributed by atoms with Gasteiger partial charge in [-0.3, -0.25) is 0 Å². The Hall–Kier alpha value is -2.41. The molecule has 0 aliphatic heterocycles. The van der Waals surface area contributed by atoms with Crippen LogP contribution < -0.4 is 10.5 Å². The molecule has 1 aromatic carbocycles. The Morgan fingerprint density at radius 2 is 2.30 bits per heavy atom. The molecule has 0 saturated heterocycles. The fourth-order valence-corrected chi connectivity index (χ4v) is 1.95. The molecule has 0 radical (unpaired) electrons. The fourth-order valence-electron chi connectivity index (χ4n) is 1.95. The molecule has 3 N–H and O–H groups in total. The highest BCUT2D eigenvalue weighted by atomic mass is 16.5. The molecular weight excluding hydrogens is 260 g/mol. The third-order valence-electron chi connectivity index (χ3n) is 2.89. The molecule has 0 unspecified atom stereocenters. The number of aromatic nitrogens is 3. The maximum absolute atomic E-state index is 11.1. The number of methoxy groups -OCH3 is 1. The van der Waals surface area contributed by atoms with Gasteiger partial charge in [0.1, 0.15) is 5.75 Å². The van der Waals surface area contributed by atoms with E-state index in [9.17, 15) is 4.79 Å². The molecule has 1 heterocycles. The van der Waals surface area contributed by atoms with Crippen LogP contribution in [0.1, 0.15) is 21.7 Å². The number of hydrogen-bond donors (Lipinski definition) is 2. The molecule has 20 heavy (non-hydrogen) atoms. The van der Waals surface area contributed by atoms with Gasteiger partial charge in [-0.05, 0) is 24.2 Å². The standard InChI is InChI=1S/C13H16N4O3/c1-20-10-4-2-3-9(7-10)8-17-11(5-6-14)12(13(18)19)15-16-17/h2-4,7H,5-6,8,14H2,1H3,(H,18,19). The zero-order valence-electron chi connectivity index (χ0n) is 11.1. The van der Waals surface area contributed by atoms with E-state index >= 15 is 0 Å². The SMILES string of the molecule is COc1cccc(Cn2nnc(C(=O)O)c2CCN)c1. The lowest BCUT2D eigenvalue weighted by molar-refractivity contribution is 0.0689. The van der Waals surface area contributed by atoms with Crippen LogP contribution in [0.25, 0.3) is 0 Å². The van der Waals surface area contributed by atoms with E-state index in [0.29, 0.717) is 25.2 Å². The maximum Gasteiger partial charge on any atom is 0.358 e. The number of carboxylic acids is 1. The van der Waals surface area contributed by atoms with Crippen LogP contribution in [0.4, 0.5) is 0 Å². The van der Waals surface area contributed by atoms with Crippen LogP contribution in [0.15, 0.2) is 24.3 Å². The van der Waals surface area contributed by atoms with Crippen molar-refractivity contribution in [3.05, 3.63) is 41.2 Å². The van der Waals surface area contributed by atoms with Crippen molar-refractivity contribution in [2.24, 2.45) is 5.73 Å². The van der Waals surface area contributed by atoms with Crippen molar-refractivity contribution in [2.75, 3.05) is 13.7 Å². The predicted octanol–water partition coefficient (Wildman–Crippen LogP) is 0.534. The number of benzene rings is 1. The smallest absolute Gasteiger partial charge is 0.358 e. The Kier molecular flexibility index (Phi) is 4.31. The van der Waals surface area contributed by atoms with Gasteiger partial charge in [0.25, 0.3) is 0 Å². The third-order valence-corrected chi connectivity index (χ3v) is 2.89. The van der Waals surface area contributed by atoms with Crippen LogP contribution in [-0.4, -0.2) is 39.7 Å². The van der Waals surface area contributed by atoms with Gasteiger partial charge in [0.05, 0.1) is 19.3 Å². The van der Waals surface area contributed by atoms with E-state index in [4.69, 9.17) is 15.6 Å². The maximum atomic E-state index is 11.1. The molecule has 0 aliphatic rings. The second-order valence-corrected chi connectivity index (χ2v) is 4.24. The quantitative estimate of drug-likeness (QED) is 0.798. The van der Waals surface area contributed by atoms with Crippen molar-refractivity contribution in [1.82, 2.24) is 15.0 Å². The minimum atomic E-state index is -1.09. The zero-order chi connectivity index (χ0) is 14.5. The third kappa shape index (κ3) is 2.94. The molecule has 0 spiro atoms. The van der Waals surface area contributed by atoms with Gasteiger partial charge in [-0.2, -0.15) is 0 Å². The number of rotatable bonds is 6. The normalized spacial score (nSPS) is 10.5. The van der Waals surface area contributed by atoms with Gasteiger partial charge in [0, 0.05) is 6.42 Å². The lowest BCUT2D eigenvalue weighted by Crippen LogP contribution is -2.14. The molecule has 0 atom stereocenters. The zero-order valence-corrected chi connectivity index (χ0v) is 11.1. The first-order chi connectivity index (χ1) is 9.65. The average Bonchev–Trinajstić information content (AvgIpc) is 2.83. The van der Waals surface area contributed by atoms with E-state index in [1.807, 2.05) is 24.3 Å². The minimum Gasteiger partial charge on any atom is -0.497 e. The van der Waals surface area contributed by atoms with Crippen molar-refractivity contribution in [2.45, 2.75) is 13.0 Å². The van der Waals surface area contributed by atoms with E-state index in [1.54, 1.807) is 11.8 Å². The van der Waals surface area contributed by atoms with E-state index < -0.39 is 5.97 Å². The molecule has 2 rings (SSSR count). The molecule has 7 nitrogen and oxygen atoms in total. The van der Waals surface area contributed by atoms with Crippen LogP contribution >= 0.6 is 0 Å². The van der Waals surface area contributed by atoms with Gasteiger partial charge in [-0.15, -0.1) is 5.10 Å². The Morgan fingerprint density at radius 1 is 1.50 bits per heavy atom. The van der Waals surface area contributed by atoms with Gasteiger partial charge in [0.2, 0.25) is 0 Å². The highest BCUT2D eigenvalue weighted by molar-refractivity contribution is 5.86. The van der Waals surface area contributed by atoms with Gasteiger partial charge in [-0.25, -0.2) is 9.48 Å². The summed E-state index contributed by atoms with van der Waals surface area (Å²) in [6.45, 7) is 0.762. The van der Waals surface area contributed by atoms with Crippen LogP contribution in [0, 0.1) is 0 Å². The number of aromatic carboxylic acids is 1. The van der Waals surface area contributed by atoms with Gasteiger partial charge < -0.3 is 15.6 Å². The van der Waals surface area contributed by atoms with Crippen LogP contribution in [0.2, 0.25) is 0 Å². The van der Waals surface area contributed by atoms with Crippen molar-refractivity contribution < 1.29 is 14.6 Å². The van der Waals surface area contributed by atoms with E-state index in [2.05, 4.69) is 10.3 Å². The summed E-state index contributed by atoms with van der Waals surface area (Å²) in [7, 11) is 1.59. The molecule has 0 saturated carbocycles. The molecule has 7 heteroatoms. The summed E-state index contributed by atoms with van der Waals surface area (Å²) in [5.41, 5.74) is 6.95. The highest BCUT2D eigenvalue weighted by Crippen LogP contribution is 2.15. The van der Waals surface area contributed by atoms with Crippen molar-refractivity contribution in [3.8, 4) is 5.75 Å². The summed E-state index contributed by atoms with van der Waals surface area (Å²) in [6.07, 6.45) is 0.415. The topological polar surface area (TPSA) is 103 Å². The number of carboxylic acid groups (broad SMARTS) is 1. The lowest BCUT2D eigenvalue weighted by atomic mass is 10.2. The second-order valence-electron chi connectivity index (χ2n) is 4.24. The molecule has 2 aromatic rings. The lowest BCUT2D eigenvalue weighted by Gasteiger charge is -2.07. The van der Waals surface area contributed by atoms with Crippen molar-refractivity contribution >= 4 is 5.97 Å². The minimum absolute atomic E-state index is 0.0432. The average molecular weight is 276 g/mol. The summed E-state index contributed by atoms with van der Waals surface area (Å²) >= 11 is 0. The van der Waals surface area contributed by atoms with Gasteiger partial charge >= 0.3 is 5.97 Å². The first kappa shape index (κ1) is 14.0. The summed E-state index contributed by atoms with van der Waals surface area (Å²) in [5, 5.41) is 16.7. The molecule has 0 aliphatic carbocycles. The van der Waals surface area contributed by atoms with Gasteiger partial charge in [0.15, 0.2) is 5.69 Å². The van der Waals surface area contributed by atoms with Crippen molar-refractivity contribution in [1.29, 1.82) is 0 Å². The molecule has 0 amide bonds. The van der Waals surface area contributed by atoms with Crippen LogP contribution in [-0.2, 0) is 13.0 Å². The Bertz CT molecular complexity index is 609. The first-order valence-electron chi connectivity index (χ1n) is 6.14. The molecular formula is C13H16N4O3. The fraction of sp³-hybridized carbons (Fsp3) is 0.308. The molecule has 0 bridgehead atoms. The summed E-state index contributed by atoms with van der Waals surface area (Å²) in [6, 6.07) is 7.49. The Balaban J connectivity index is 2.30. The number of nitrogens with two attached hydrogens (primary N) is 1. The van der Waals surface area contributed by atoms with E-state index in [-0.39, 0.29) is 5.69 Å². The summed E-state index contributed by atoms with van der Waals surface area (Å²) < 4.78 is 6.71. The van der Waals surface area contributed by atoms with Crippen molar-refractivity contribution in [3.63, 3.8) is 0 Å². The number of hydrogen-bond acceptors (Lipinski definition) is 5. The predicted molar refractivity (Wildman–Crippen MR) is 71.8 cm³/mol. The number of ether oxygens (including phenoxy) is 1. The first-order valence-corrected chi connectivity index (χ1v) is 6.14. The number of carbonyl (C=O) groups is 1.